The summed E-state index contributed by atoms with van der Waals surface area (Å²) in [6, 6.07) is 5.69. The van der Waals surface area contributed by atoms with Gasteiger partial charge in [-0.2, -0.15) is 0 Å². The van der Waals surface area contributed by atoms with E-state index in [0.29, 0.717) is 11.4 Å². The fourth-order valence-electron chi connectivity index (χ4n) is 1.55. The van der Waals surface area contributed by atoms with E-state index in [-0.39, 0.29) is 24.7 Å². The van der Waals surface area contributed by atoms with E-state index in [9.17, 15) is 14.9 Å². The summed E-state index contributed by atoms with van der Waals surface area (Å²) in [7, 11) is 0. The fraction of sp³-hybridized carbons (Fsp3) is 0.182. The van der Waals surface area contributed by atoms with Crippen LogP contribution in [0.5, 0.6) is 0 Å². The van der Waals surface area contributed by atoms with Gasteiger partial charge in [-0.25, -0.2) is 4.68 Å². The number of nitro groups is 1. The molecule has 0 fully saturated rings. The molecule has 1 aromatic carbocycles. The number of carbonyl (C=O) groups excluding carboxylic acids is 1. The highest BCUT2D eigenvalue weighted by atomic mass is 16.6. The smallest absolute Gasteiger partial charge is 0.271 e. The molecule has 9 nitrogen and oxygen atoms in total. The highest BCUT2D eigenvalue weighted by molar-refractivity contribution is 5.90. The zero-order valence-electron chi connectivity index (χ0n) is 10.4. The second kappa shape index (κ2) is 5.89. The molecule has 104 valence electrons. The Labute approximate surface area is 113 Å². The minimum atomic E-state index is -0.527. The van der Waals surface area contributed by atoms with Gasteiger partial charge in [0.25, 0.3) is 5.69 Å². The number of nitro benzene ring substituents is 1. The number of nitrogens with one attached hydrogen (secondary N) is 1. The van der Waals surface area contributed by atoms with E-state index in [4.69, 9.17) is 5.73 Å². The molecule has 0 aliphatic carbocycles. The van der Waals surface area contributed by atoms with Crippen LogP contribution in [0, 0.1) is 10.1 Å². The number of hydrogen-bond acceptors (Lipinski definition) is 6. The summed E-state index contributed by atoms with van der Waals surface area (Å²) >= 11 is 0. The summed E-state index contributed by atoms with van der Waals surface area (Å²) in [4.78, 5) is 21.9. The Kier molecular flexibility index (Phi) is 4.01. The second-order valence-electron chi connectivity index (χ2n) is 3.97. The molecule has 0 radical (unpaired) electrons. The van der Waals surface area contributed by atoms with Crippen LogP contribution in [-0.2, 0) is 17.9 Å². The predicted octanol–water partition coefficient (Wildman–Crippen LogP) is 0.284. The number of rotatable bonds is 5. The molecule has 0 aliphatic rings. The van der Waals surface area contributed by atoms with E-state index < -0.39 is 4.92 Å². The lowest BCUT2D eigenvalue weighted by atomic mass is 10.3. The monoisotopic (exact) mass is 276 g/mol. The molecule has 1 aromatic heterocycles. The Morgan fingerprint density at radius 1 is 1.50 bits per heavy atom. The summed E-state index contributed by atoms with van der Waals surface area (Å²) in [6.45, 7) is 0.197. The Morgan fingerprint density at radius 3 is 2.95 bits per heavy atom. The van der Waals surface area contributed by atoms with E-state index >= 15 is 0 Å². The first-order valence-corrected chi connectivity index (χ1v) is 5.72. The Bertz CT molecular complexity index is 639. The molecule has 0 unspecified atom stereocenters. The molecule has 2 aromatic rings. The van der Waals surface area contributed by atoms with Gasteiger partial charge in [0.05, 0.1) is 16.8 Å². The van der Waals surface area contributed by atoms with Crippen LogP contribution in [-0.4, -0.2) is 25.8 Å². The summed E-state index contributed by atoms with van der Waals surface area (Å²) in [5, 5.41) is 20.7. The maximum atomic E-state index is 11.8. The number of nitrogens with two attached hydrogens (primary N) is 1. The van der Waals surface area contributed by atoms with Gasteiger partial charge >= 0.3 is 0 Å². The normalized spacial score (nSPS) is 10.2. The first kappa shape index (κ1) is 13.6. The van der Waals surface area contributed by atoms with Gasteiger partial charge in [0.1, 0.15) is 6.54 Å². The van der Waals surface area contributed by atoms with E-state index in [1.165, 1.54) is 22.9 Å². The van der Waals surface area contributed by atoms with Gasteiger partial charge in [-0.15, -0.1) is 5.10 Å². The van der Waals surface area contributed by atoms with Crippen molar-refractivity contribution in [1.29, 1.82) is 0 Å². The van der Waals surface area contributed by atoms with Crippen molar-refractivity contribution in [3.8, 4) is 0 Å². The number of anilines is 1. The van der Waals surface area contributed by atoms with Crippen LogP contribution in [0.1, 0.15) is 5.69 Å². The van der Waals surface area contributed by atoms with Gasteiger partial charge in [-0.1, -0.05) is 11.3 Å². The van der Waals surface area contributed by atoms with Crippen LogP contribution < -0.4 is 11.1 Å². The largest absolute Gasteiger partial charge is 0.325 e. The summed E-state index contributed by atoms with van der Waals surface area (Å²) in [6.07, 6.45) is 1.56. The predicted molar refractivity (Wildman–Crippen MR) is 69.6 cm³/mol. The zero-order valence-corrected chi connectivity index (χ0v) is 10.4. The third kappa shape index (κ3) is 3.36. The van der Waals surface area contributed by atoms with Crippen molar-refractivity contribution in [2.45, 2.75) is 13.1 Å². The first-order valence-electron chi connectivity index (χ1n) is 5.72. The van der Waals surface area contributed by atoms with Gasteiger partial charge in [-0.3, -0.25) is 14.9 Å². The van der Waals surface area contributed by atoms with Gasteiger partial charge in [-0.05, 0) is 6.07 Å². The van der Waals surface area contributed by atoms with Crippen LogP contribution in [0.3, 0.4) is 0 Å². The van der Waals surface area contributed by atoms with Crippen molar-refractivity contribution in [1.82, 2.24) is 15.0 Å². The van der Waals surface area contributed by atoms with E-state index in [1.54, 1.807) is 12.3 Å². The summed E-state index contributed by atoms with van der Waals surface area (Å²) in [5.41, 5.74) is 6.22. The zero-order chi connectivity index (χ0) is 14.5. The molecule has 0 saturated carbocycles. The third-order valence-electron chi connectivity index (χ3n) is 2.44. The molecule has 0 aliphatic heterocycles. The highest BCUT2D eigenvalue weighted by Crippen LogP contribution is 2.16. The quantitative estimate of drug-likeness (QED) is 0.596. The molecule has 9 heteroatoms. The minimum absolute atomic E-state index is 0.0459. The molecular weight excluding hydrogens is 264 g/mol. The second-order valence-corrected chi connectivity index (χ2v) is 3.97. The number of nitrogens with zero attached hydrogens (tertiary/aromatic N) is 4. The van der Waals surface area contributed by atoms with Crippen LogP contribution in [0.4, 0.5) is 11.4 Å². The Hall–Kier alpha value is -2.81. The summed E-state index contributed by atoms with van der Waals surface area (Å²) in [5.74, 6) is -0.362. The van der Waals surface area contributed by atoms with Gasteiger partial charge in [0, 0.05) is 24.4 Å². The standard InChI is InChI=1S/C11H12N6O3/c12-5-9-6-16(15-14-9)7-11(18)13-8-2-1-3-10(4-8)17(19)20/h1-4,6H,5,7,12H2,(H,13,18). The van der Waals surface area contributed by atoms with Gasteiger partial charge in [0.15, 0.2) is 0 Å². The average molecular weight is 276 g/mol. The lowest BCUT2D eigenvalue weighted by molar-refractivity contribution is -0.384. The average Bonchev–Trinajstić information content (AvgIpc) is 2.86. The number of benzene rings is 1. The van der Waals surface area contributed by atoms with Gasteiger partial charge in [0.2, 0.25) is 5.91 Å². The molecule has 20 heavy (non-hydrogen) atoms. The molecule has 1 amide bonds. The summed E-state index contributed by atoms with van der Waals surface area (Å²) < 4.78 is 1.34. The first-order chi connectivity index (χ1) is 9.58. The van der Waals surface area contributed by atoms with Crippen molar-refractivity contribution < 1.29 is 9.72 Å². The van der Waals surface area contributed by atoms with Crippen LogP contribution >= 0.6 is 0 Å². The van der Waals surface area contributed by atoms with Crippen molar-refractivity contribution in [2.75, 3.05) is 5.32 Å². The van der Waals surface area contributed by atoms with Gasteiger partial charge < -0.3 is 11.1 Å². The third-order valence-corrected chi connectivity index (χ3v) is 2.44. The Balaban J connectivity index is 2.00. The lowest BCUT2D eigenvalue weighted by Gasteiger charge is -2.04. The molecule has 3 N–H and O–H groups in total. The van der Waals surface area contributed by atoms with Crippen LogP contribution in [0.15, 0.2) is 30.5 Å². The molecular formula is C11H12N6O3. The van der Waals surface area contributed by atoms with Crippen LogP contribution in [0.2, 0.25) is 0 Å². The van der Waals surface area contributed by atoms with Crippen molar-refractivity contribution in [3.05, 3.63) is 46.3 Å². The topological polar surface area (TPSA) is 129 Å². The fourth-order valence-corrected chi connectivity index (χ4v) is 1.55. The molecule has 0 atom stereocenters. The molecule has 1 heterocycles. The number of non-ortho nitro benzene ring substituents is 1. The van der Waals surface area contributed by atoms with E-state index in [0.717, 1.165) is 0 Å². The number of carbonyl (C=O) groups is 1. The molecule has 0 spiro atoms. The number of hydrogen-bond donors (Lipinski definition) is 2. The number of aromatic nitrogens is 3. The Morgan fingerprint density at radius 2 is 2.30 bits per heavy atom. The van der Waals surface area contributed by atoms with Crippen molar-refractivity contribution >= 4 is 17.3 Å². The maximum absolute atomic E-state index is 11.8. The molecule has 0 bridgehead atoms. The molecule has 0 saturated heterocycles. The highest BCUT2D eigenvalue weighted by Gasteiger charge is 2.09. The minimum Gasteiger partial charge on any atom is -0.325 e. The lowest BCUT2D eigenvalue weighted by Crippen LogP contribution is -2.19. The van der Waals surface area contributed by atoms with Crippen molar-refractivity contribution in [3.63, 3.8) is 0 Å². The van der Waals surface area contributed by atoms with E-state index in [2.05, 4.69) is 15.6 Å². The van der Waals surface area contributed by atoms with Crippen LogP contribution in [0.25, 0.3) is 0 Å². The van der Waals surface area contributed by atoms with E-state index in [1.807, 2.05) is 0 Å². The maximum Gasteiger partial charge on any atom is 0.271 e. The number of amides is 1. The van der Waals surface area contributed by atoms with Crippen molar-refractivity contribution in [2.24, 2.45) is 5.73 Å². The SMILES string of the molecule is NCc1cn(CC(=O)Nc2cccc([N+](=O)[O-])c2)nn1. The molecule has 2 rings (SSSR count).